The molecule has 1 saturated heterocycles. The van der Waals surface area contributed by atoms with Crippen LogP contribution in [-0.4, -0.2) is 29.7 Å². The van der Waals surface area contributed by atoms with Crippen LogP contribution < -0.4 is 0 Å². The van der Waals surface area contributed by atoms with E-state index in [2.05, 4.69) is 4.85 Å². The topological polar surface area (TPSA) is 33.9 Å². The summed E-state index contributed by atoms with van der Waals surface area (Å²) in [6, 6.07) is 7.83. The van der Waals surface area contributed by atoms with Gasteiger partial charge in [0.05, 0.1) is 6.57 Å². The zero-order valence-corrected chi connectivity index (χ0v) is 13.6. The van der Waals surface area contributed by atoms with Gasteiger partial charge in [-0.1, -0.05) is 24.3 Å². The number of carbonyl (C=O) groups is 1. The molecule has 1 aromatic rings. The van der Waals surface area contributed by atoms with Crippen LogP contribution >= 0.6 is 0 Å². The third kappa shape index (κ3) is 4.49. The molecule has 0 spiro atoms. The van der Waals surface area contributed by atoms with Gasteiger partial charge >= 0.3 is 6.09 Å². The van der Waals surface area contributed by atoms with Gasteiger partial charge < -0.3 is 9.64 Å². The number of ether oxygens (including phenoxy) is 1. The van der Waals surface area contributed by atoms with Crippen molar-refractivity contribution < 1.29 is 9.53 Å². The fourth-order valence-corrected chi connectivity index (χ4v) is 2.76. The van der Waals surface area contributed by atoms with Crippen LogP contribution in [-0.2, 0) is 4.74 Å². The second-order valence-electron chi connectivity index (χ2n) is 6.80. The van der Waals surface area contributed by atoms with Crippen LogP contribution in [0.3, 0.4) is 0 Å². The molecule has 1 aliphatic heterocycles. The second kappa shape index (κ2) is 6.83. The third-order valence-electron chi connectivity index (χ3n) is 3.87. The standard InChI is InChI=1S/C18H24N2O2/c1-18(2,3)22-17(21)20-12-5-6-14(11-13-20)15-7-9-16(19-4)10-8-15/h7-10,14H,5-6,11-13H2,1-3H3. The molecule has 2 rings (SSSR count). The summed E-state index contributed by atoms with van der Waals surface area (Å²) in [7, 11) is 0. The van der Waals surface area contributed by atoms with Crippen LogP contribution in [0.25, 0.3) is 4.85 Å². The van der Waals surface area contributed by atoms with E-state index in [0.29, 0.717) is 11.6 Å². The van der Waals surface area contributed by atoms with E-state index in [1.807, 2.05) is 49.9 Å². The minimum absolute atomic E-state index is 0.212. The molecule has 1 atom stereocenters. The average Bonchev–Trinajstić information content (AvgIpc) is 2.71. The summed E-state index contributed by atoms with van der Waals surface area (Å²) in [5, 5.41) is 0. The number of amides is 1. The van der Waals surface area contributed by atoms with E-state index in [1.54, 1.807) is 0 Å². The van der Waals surface area contributed by atoms with Crippen molar-refractivity contribution in [2.75, 3.05) is 13.1 Å². The Bertz CT molecular complexity index is 552. The lowest BCUT2D eigenvalue weighted by atomic mass is 9.92. The van der Waals surface area contributed by atoms with Gasteiger partial charge in [-0.25, -0.2) is 9.64 Å². The predicted octanol–water partition coefficient (Wildman–Crippen LogP) is 4.74. The van der Waals surface area contributed by atoms with Gasteiger partial charge in [0, 0.05) is 13.1 Å². The molecule has 1 unspecified atom stereocenters. The first kappa shape index (κ1) is 16.4. The SMILES string of the molecule is [C-]#[N+]c1ccc(C2CCCN(C(=O)OC(C)(C)C)CC2)cc1. The first-order valence-corrected chi connectivity index (χ1v) is 7.84. The van der Waals surface area contributed by atoms with Gasteiger partial charge in [-0.05, 0) is 51.5 Å². The number of nitrogens with zero attached hydrogens (tertiary/aromatic N) is 2. The van der Waals surface area contributed by atoms with Crippen LogP contribution in [0.2, 0.25) is 0 Å². The Balaban J connectivity index is 1.97. The molecular formula is C18H24N2O2. The molecule has 0 saturated carbocycles. The monoisotopic (exact) mass is 300 g/mol. The summed E-state index contributed by atoms with van der Waals surface area (Å²) >= 11 is 0. The summed E-state index contributed by atoms with van der Waals surface area (Å²) < 4.78 is 5.46. The Morgan fingerprint density at radius 2 is 1.91 bits per heavy atom. The molecule has 1 aromatic carbocycles. The highest BCUT2D eigenvalue weighted by molar-refractivity contribution is 5.68. The fraction of sp³-hybridized carbons (Fsp3) is 0.556. The maximum Gasteiger partial charge on any atom is 0.410 e. The summed E-state index contributed by atoms with van der Waals surface area (Å²) in [4.78, 5) is 17.4. The molecule has 118 valence electrons. The van der Waals surface area contributed by atoms with Crippen LogP contribution in [0.4, 0.5) is 10.5 Å². The lowest BCUT2D eigenvalue weighted by Gasteiger charge is -2.26. The number of benzene rings is 1. The Labute approximate surface area is 132 Å². The Hall–Kier alpha value is -2.02. The fourth-order valence-electron chi connectivity index (χ4n) is 2.76. The summed E-state index contributed by atoms with van der Waals surface area (Å²) in [5.41, 5.74) is 1.49. The lowest BCUT2D eigenvalue weighted by molar-refractivity contribution is 0.0256. The van der Waals surface area contributed by atoms with Gasteiger partial charge in [-0.2, -0.15) is 0 Å². The number of carbonyl (C=O) groups excluding carboxylic acids is 1. The molecule has 4 nitrogen and oxygen atoms in total. The highest BCUT2D eigenvalue weighted by atomic mass is 16.6. The van der Waals surface area contributed by atoms with E-state index in [1.165, 1.54) is 5.56 Å². The maximum atomic E-state index is 12.2. The molecule has 0 aromatic heterocycles. The van der Waals surface area contributed by atoms with Crippen LogP contribution in [0, 0.1) is 6.57 Å². The predicted molar refractivity (Wildman–Crippen MR) is 87.1 cm³/mol. The van der Waals surface area contributed by atoms with Gasteiger partial charge in [0.2, 0.25) is 0 Å². The van der Waals surface area contributed by atoms with Crippen molar-refractivity contribution in [3.05, 3.63) is 41.2 Å². The highest BCUT2D eigenvalue weighted by Crippen LogP contribution is 2.29. The zero-order chi connectivity index (χ0) is 16.2. The van der Waals surface area contributed by atoms with Crippen molar-refractivity contribution in [1.82, 2.24) is 4.90 Å². The molecule has 0 bridgehead atoms. The molecular weight excluding hydrogens is 276 g/mol. The molecule has 1 fully saturated rings. The number of hydrogen-bond donors (Lipinski definition) is 0. The molecule has 0 aliphatic carbocycles. The first-order chi connectivity index (χ1) is 10.4. The Morgan fingerprint density at radius 1 is 1.23 bits per heavy atom. The molecule has 22 heavy (non-hydrogen) atoms. The normalized spacial score (nSPS) is 19.2. The van der Waals surface area contributed by atoms with E-state index in [-0.39, 0.29) is 6.09 Å². The second-order valence-corrected chi connectivity index (χ2v) is 6.80. The molecule has 0 radical (unpaired) electrons. The third-order valence-corrected chi connectivity index (χ3v) is 3.87. The van der Waals surface area contributed by atoms with Crippen LogP contribution in [0.1, 0.15) is 51.5 Å². The van der Waals surface area contributed by atoms with Crippen molar-refractivity contribution in [2.45, 2.75) is 51.6 Å². The van der Waals surface area contributed by atoms with Crippen LogP contribution in [0.5, 0.6) is 0 Å². The zero-order valence-electron chi connectivity index (χ0n) is 13.6. The largest absolute Gasteiger partial charge is 0.444 e. The lowest BCUT2D eigenvalue weighted by Crippen LogP contribution is -2.37. The molecule has 1 aliphatic rings. The smallest absolute Gasteiger partial charge is 0.410 e. The van der Waals surface area contributed by atoms with Crippen LogP contribution in [0.15, 0.2) is 24.3 Å². The van der Waals surface area contributed by atoms with Gasteiger partial charge in [-0.3, -0.25) is 0 Å². The minimum atomic E-state index is -0.446. The van der Waals surface area contributed by atoms with E-state index < -0.39 is 5.60 Å². The maximum absolute atomic E-state index is 12.2. The highest BCUT2D eigenvalue weighted by Gasteiger charge is 2.25. The van der Waals surface area contributed by atoms with E-state index in [9.17, 15) is 4.79 Å². The number of hydrogen-bond acceptors (Lipinski definition) is 2. The van der Waals surface area contributed by atoms with Gasteiger partial charge in [0.25, 0.3) is 0 Å². The van der Waals surface area contributed by atoms with Crippen molar-refractivity contribution in [2.24, 2.45) is 0 Å². The molecule has 1 amide bonds. The van der Waals surface area contributed by atoms with E-state index in [0.717, 1.165) is 32.4 Å². The van der Waals surface area contributed by atoms with Gasteiger partial charge in [0.1, 0.15) is 5.60 Å². The summed E-state index contributed by atoms with van der Waals surface area (Å²) in [6.07, 6.45) is 2.78. The van der Waals surface area contributed by atoms with Crippen molar-refractivity contribution in [3.63, 3.8) is 0 Å². The number of rotatable bonds is 1. The first-order valence-electron chi connectivity index (χ1n) is 7.84. The van der Waals surface area contributed by atoms with Gasteiger partial charge in [-0.15, -0.1) is 0 Å². The van der Waals surface area contributed by atoms with Gasteiger partial charge in [0.15, 0.2) is 5.69 Å². The minimum Gasteiger partial charge on any atom is -0.444 e. The average molecular weight is 300 g/mol. The summed E-state index contributed by atoms with van der Waals surface area (Å²) in [6.45, 7) is 14.2. The van der Waals surface area contributed by atoms with Crippen molar-refractivity contribution >= 4 is 11.8 Å². The molecule has 0 N–H and O–H groups in total. The quantitative estimate of drug-likeness (QED) is 0.702. The van der Waals surface area contributed by atoms with E-state index in [4.69, 9.17) is 11.3 Å². The molecule has 4 heteroatoms. The summed E-state index contributed by atoms with van der Waals surface area (Å²) in [5.74, 6) is 0.451. The van der Waals surface area contributed by atoms with Crippen molar-refractivity contribution in [3.8, 4) is 0 Å². The molecule has 1 heterocycles. The Kier molecular flexibility index (Phi) is 5.07. The van der Waals surface area contributed by atoms with Crippen molar-refractivity contribution in [1.29, 1.82) is 0 Å². The number of likely N-dealkylation sites (tertiary alicyclic amines) is 1. The van der Waals surface area contributed by atoms with E-state index >= 15 is 0 Å². The Morgan fingerprint density at radius 3 is 2.50 bits per heavy atom.